The summed E-state index contributed by atoms with van der Waals surface area (Å²) in [4.78, 5) is 0. The fraction of sp³-hybridized carbons (Fsp3) is 1.00. The van der Waals surface area contributed by atoms with Crippen LogP contribution in [0.5, 0.6) is 0 Å². The van der Waals surface area contributed by atoms with Crippen LogP contribution in [0.15, 0.2) is 0 Å². The van der Waals surface area contributed by atoms with Crippen molar-refractivity contribution in [3.05, 3.63) is 0 Å². The van der Waals surface area contributed by atoms with Gasteiger partial charge < -0.3 is 5.32 Å². The minimum absolute atomic E-state index is 0.323. The van der Waals surface area contributed by atoms with Gasteiger partial charge in [-0.05, 0) is 37.6 Å². The Bertz CT molecular complexity index is 262. The van der Waals surface area contributed by atoms with Crippen molar-refractivity contribution in [1.29, 1.82) is 0 Å². The van der Waals surface area contributed by atoms with Crippen LogP contribution in [0, 0.1) is 5.41 Å². The highest BCUT2D eigenvalue weighted by Gasteiger charge is 2.37. The number of hydrogen-bond acceptors (Lipinski definition) is 3. The maximum Gasteiger partial charge on any atom is 0.150 e. The molecule has 4 heteroatoms. The molecule has 0 aromatic carbocycles. The first-order valence-corrected chi connectivity index (χ1v) is 6.85. The third-order valence-corrected chi connectivity index (χ3v) is 5.10. The van der Waals surface area contributed by atoms with Crippen LogP contribution in [0.2, 0.25) is 0 Å². The summed E-state index contributed by atoms with van der Waals surface area (Å²) < 4.78 is 22.5. The van der Waals surface area contributed by atoms with Gasteiger partial charge in [-0.25, -0.2) is 8.42 Å². The van der Waals surface area contributed by atoms with Crippen LogP contribution in [0.4, 0.5) is 0 Å². The molecule has 13 heavy (non-hydrogen) atoms. The van der Waals surface area contributed by atoms with Gasteiger partial charge in [-0.2, -0.15) is 0 Å². The molecule has 2 aliphatic heterocycles. The SMILES string of the molecule is O=S1(=O)CCC2(CCCNC2)CC1. The summed E-state index contributed by atoms with van der Waals surface area (Å²) in [5, 5.41) is 3.38. The van der Waals surface area contributed by atoms with Crippen molar-refractivity contribution in [2.75, 3.05) is 24.6 Å². The number of piperidine rings is 1. The summed E-state index contributed by atoms with van der Waals surface area (Å²) in [5.41, 5.74) is 0.323. The van der Waals surface area contributed by atoms with Crippen molar-refractivity contribution in [2.45, 2.75) is 25.7 Å². The average Bonchev–Trinajstić information content (AvgIpc) is 2.13. The zero-order valence-corrected chi connectivity index (χ0v) is 8.70. The molecule has 0 unspecified atom stereocenters. The standard InChI is InChI=1S/C9H17NO2S/c11-13(12)6-3-9(4-7-13)2-1-5-10-8-9/h10H,1-8H2. The number of sulfone groups is 1. The molecule has 2 fully saturated rings. The first-order valence-electron chi connectivity index (χ1n) is 5.03. The molecular weight excluding hydrogens is 186 g/mol. The quantitative estimate of drug-likeness (QED) is 0.626. The predicted octanol–water partition coefficient (Wildman–Crippen LogP) is 0.565. The van der Waals surface area contributed by atoms with Crippen molar-refractivity contribution in [3.8, 4) is 0 Å². The highest BCUT2D eigenvalue weighted by atomic mass is 32.2. The Morgan fingerprint density at radius 2 is 1.77 bits per heavy atom. The Labute approximate surface area is 79.8 Å². The van der Waals surface area contributed by atoms with E-state index in [0.717, 1.165) is 25.9 Å². The van der Waals surface area contributed by atoms with Gasteiger partial charge in [0.15, 0.2) is 0 Å². The number of hydrogen-bond donors (Lipinski definition) is 1. The van der Waals surface area contributed by atoms with Crippen molar-refractivity contribution in [1.82, 2.24) is 5.32 Å². The van der Waals surface area contributed by atoms with Gasteiger partial charge in [-0.3, -0.25) is 0 Å². The fourth-order valence-electron chi connectivity index (χ4n) is 2.43. The molecule has 0 atom stereocenters. The van der Waals surface area contributed by atoms with E-state index in [0.29, 0.717) is 16.9 Å². The van der Waals surface area contributed by atoms with E-state index in [1.807, 2.05) is 0 Å². The lowest BCUT2D eigenvalue weighted by Gasteiger charge is -2.40. The summed E-state index contributed by atoms with van der Waals surface area (Å²) in [5.74, 6) is 0.823. The molecule has 2 rings (SSSR count). The lowest BCUT2D eigenvalue weighted by atomic mass is 9.76. The molecule has 0 aromatic rings. The predicted molar refractivity (Wildman–Crippen MR) is 52.4 cm³/mol. The Kier molecular flexibility index (Phi) is 2.36. The van der Waals surface area contributed by atoms with Crippen molar-refractivity contribution >= 4 is 9.84 Å². The van der Waals surface area contributed by atoms with Crippen molar-refractivity contribution in [2.24, 2.45) is 5.41 Å². The van der Waals surface area contributed by atoms with E-state index in [-0.39, 0.29) is 0 Å². The lowest BCUT2D eigenvalue weighted by molar-refractivity contribution is 0.187. The van der Waals surface area contributed by atoms with Crippen LogP contribution in [0.25, 0.3) is 0 Å². The zero-order chi connectivity index (χ0) is 9.36. The van der Waals surface area contributed by atoms with Gasteiger partial charge in [0, 0.05) is 6.54 Å². The summed E-state index contributed by atoms with van der Waals surface area (Å²) in [6.07, 6.45) is 4.18. The van der Waals surface area contributed by atoms with Crippen LogP contribution in [-0.4, -0.2) is 33.0 Å². The molecule has 0 bridgehead atoms. The minimum Gasteiger partial charge on any atom is -0.316 e. The molecule has 2 aliphatic rings. The second kappa shape index (κ2) is 3.24. The molecule has 1 N–H and O–H groups in total. The van der Waals surface area contributed by atoms with E-state index in [2.05, 4.69) is 5.32 Å². The molecule has 2 saturated heterocycles. The van der Waals surface area contributed by atoms with Crippen LogP contribution in [0.3, 0.4) is 0 Å². The number of nitrogens with one attached hydrogen (secondary N) is 1. The first kappa shape index (κ1) is 9.46. The van der Waals surface area contributed by atoms with Gasteiger partial charge in [0.05, 0.1) is 11.5 Å². The van der Waals surface area contributed by atoms with E-state index < -0.39 is 9.84 Å². The topological polar surface area (TPSA) is 46.2 Å². The molecule has 0 aliphatic carbocycles. The Balaban J connectivity index is 2.03. The zero-order valence-electron chi connectivity index (χ0n) is 7.88. The molecule has 0 saturated carbocycles. The molecule has 3 nitrogen and oxygen atoms in total. The number of rotatable bonds is 0. The highest BCUT2D eigenvalue weighted by Crippen LogP contribution is 2.37. The molecule has 2 heterocycles. The smallest absolute Gasteiger partial charge is 0.150 e. The van der Waals surface area contributed by atoms with E-state index in [1.165, 1.54) is 12.8 Å². The third kappa shape index (κ3) is 2.05. The van der Waals surface area contributed by atoms with Crippen molar-refractivity contribution < 1.29 is 8.42 Å². The molecule has 1 spiro atoms. The summed E-state index contributed by atoms with van der Waals surface area (Å²) in [6, 6.07) is 0. The van der Waals surface area contributed by atoms with E-state index >= 15 is 0 Å². The van der Waals surface area contributed by atoms with Crippen LogP contribution >= 0.6 is 0 Å². The Morgan fingerprint density at radius 3 is 2.31 bits per heavy atom. The normalized spacial score (nSPS) is 31.7. The minimum atomic E-state index is -2.69. The van der Waals surface area contributed by atoms with Crippen LogP contribution < -0.4 is 5.32 Å². The maximum absolute atomic E-state index is 11.3. The molecular formula is C9H17NO2S. The average molecular weight is 203 g/mol. The summed E-state index contributed by atoms with van der Waals surface area (Å²) >= 11 is 0. The molecule has 0 radical (unpaired) electrons. The van der Waals surface area contributed by atoms with Gasteiger partial charge in [0.2, 0.25) is 0 Å². The van der Waals surface area contributed by atoms with Crippen molar-refractivity contribution in [3.63, 3.8) is 0 Å². The van der Waals surface area contributed by atoms with Gasteiger partial charge in [0.1, 0.15) is 9.84 Å². The van der Waals surface area contributed by atoms with Gasteiger partial charge in [-0.15, -0.1) is 0 Å². The van der Waals surface area contributed by atoms with Crippen LogP contribution in [-0.2, 0) is 9.84 Å². The van der Waals surface area contributed by atoms with E-state index in [9.17, 15) is 8.42 Å². The molecule has 0 aromatic heterocycles. The third-order valence-electron chi connectivity index (χ3n) is 3.45. The molecule has 76 valence electrons. The largest absolute Gasteiger partial charge is 0.316 e. The van der Waals surface area contributed by atoms with Gasteiger partial charge >= 0.3 is 0 Å². The lowest BCUT2D eigenvalue weighted by Crippen LogP contribution is -2.45. The molecule has 0 amide bonds. The monoisotopic (exact) mass is 203 g/mol. The Hall–Kier alpha value is -0.0900. The fourth-order valence-corrected chi connectivity index (χ4v) is 4.12. The van der Waals surface area contributed by atoms with Crippen LogP contribution in [0.1, 0.15) is 25.7 Å². The summed E-state index contributed by atoms with van der Waals surface area (Å²) in [7, 11) is -2.69. The van der Waals surface area contributed by atoms with E-state index in [4.69, 9.17) is 0 Å². The van der Waals surface area contributed by atoms with Gasteiger partial charge in [-0.1, -0.05) is 0 Å². The maximum atomic E-state index is 11.3. The Morgan fingerprint density at radius 1 is 1.08 bits per heavy atom. The summed E-state index contributed by atoms with van der Waals surface area (Å²) in [6.45, 7) is 2.14. The highest BCUT2D eigenvalue weighted by molar-refractivity contribution is 7.91. The first-order chi connectivity index (χ1) is 6.12. The van der Waals surface area contributed by atoms with Gasteiger partial charge in [0.25, 0.3) is 0 Å². The second-order valence-corrected chi connectivity index (χ2v) is 6.74. The van der Waals surface area contributed by atoms with E-state index in [1.54, 1.807) is 0 Å². The second-order valence-electron chi connectivity index (χ2n) is 4.43.